The molecule has 2 aromatic rings. The number of pyridine rings is 1. The van der Waals surface area contributed by atoms with Gasteiger partial charge in [-0.25, -0.2) is 4.98 Å². The number of hydrogen-bond acceptors (Lipinski definition) is 8. The van der Waals surface area contributed by atoms with Crippen molar-refractivity contribution >= 4 is 11.8 Å². The Morgan fingerprint density at radius 2 is 2.07 bits per heavy atom. The van der Waals surface area contributed by atoms with Gasteiger partial charge in [-0.1, -0.05) is 6.07 Å². The van der Waals surface area contributed by atoms with E-state index in [0.29, 0.717) is 5.95 Å². The van der Waals surface area contributed by atoms with E-state index >= 15 is 0 Å². The van der Waals surface area contributed by atoms with Crippen molar-refractivity contribution in [2.45, 2.75) is 36.4 Å². The van der Waals surface area contributed by atoms with Crippen LogP contribution in [0.3, 0.4) is 0 Å². The molecule has 1 aliphatic heterocycles. The normalized spacial score (nSPS) is 29.2. The minimum atomic E-state index is -0.478. The Morgan fingerprint density at radius 3 is 2.75 bits per heavy atom. The minimum absolute atomic E-state index is 0.0694. The largest absolute Gasteiger partial charge is 0.378 e. The van der Waals surface area contributed by atoms with E-state index in [1.165, 1.54) is 0 Å². The number of anilines is 2. The molecule has 2 aliphatic rings. The van der Waals surface area contributed by atoms with Crippen molar-refractivity contribution in [2.75, 3.05) is 37.5 Å². The van der Waals surface area contributed by atoms with Gasteiger partial charge in [0.25, 0.3) is 0 Å². The molecule has 0 radical (unpaired) electrons. The summed E-state index contributed by atoms with van der Waals surface area (Å²) < 4.78 is 5.72. The highest BCUT2D eigenvalue weighted by atomic mass is 16.5. The van der Waals surface area contributed by atoms with Crippen LogP contribution in [0.15, 0.2) is 36.7 Å². The Morgan fingerprint density at radius 1 is 1.21 bits per heavy atom. The van der Waals surface area contributed by atoms with Crippen LogP contribution in [0.2, 0.25) is 0 Å². The first-order valence-corrected chi connectivity index (χ1v) is 9.55. The molecule has 146 valence electrons. The molecule has 0 aromatic carbocycles. The van der Waals surface area contributed by atoms with Gasteiger partial charge < -0.3 is 20.3 Å². The van der Waals surface area contributed by atoms with E-state index in [2.05, 4.69) is 36.6 Å². The summed E-state index contributed by atoms with van der Waals surface area (Å²) in [5.41, 5.74) is 0.390. The van der Waals surface area contributed by atoms with Gasteiger partial charge in [0, 0.05) is 45.7 Å². The summed E-state index contributed by atoms with van der Waals surface area (Å²) in [5.74, 6) is 1.50. The first kappa shape index (κ1) is 18.6. The summed E-state index contributed by atoms with van der Waals surface area (Å²) in [6.45, 7) is 1.57. The van der Waals surface area contributed by atoms with Gasteiger partial charge in [-0.3, -0.25) is 4.98 Å². The van der Waals surface area contributed by atoms with Crippen LogP contribution in [0.5, 0.6) is 0 Å². The second-order valence-corrected chi connectivity index (χ2v) is 7.45. The summed E-state index contributed by atoms with van der Waals surface area (Å²) >= 11 is 0. The predicted molar refractivity (Wildman–Crippen MR) is 106 cm³/mol. The van der Waals surface area contributed by atoms with Crippen LogP contribution in [0.4, 0.5) is 11.8 Å². The van der Waals surface area contributed by atoms with Gasteiger partial charge in [-0.2, -0.15) is 10.2 Å². The predicted octanol–water partition coefficient (Wildman–Crippen LogP) is 1.33. The number of nitrogens with one attached hydrogen (secondary N) is 2. The molecule has 4 rings (SSSR count). The molecule has 2 fully saturated rings. The van der Waals surface area contributed by atoms with Crippen LogP contribution in [-0.4, -0.2) is 60.4 Å². The van der Waals surface area contributed by atoms with E-state index in [-0.39, 0.29) is 18.2 Å². The topological polar surface area (TPSA) is 99.0 Å². The lowest BCUT2D eigenvalue weighted by Gasteiger charge is -2.44. The molecule has 0 bridgehead atoms. The third-order valence-electron chi connectivity index (χ3n) is 5.77. The van der Waals surface area contributed by atoms with Crippen LogP contribution in [0.1, 0.15) is 18.5 Å². The van der Waals surface area contributed by atoms with Crippen molar-refractivity contribution in [3.05, 3.63) is 42.4 Å². The molecule has 1 aliphatic carbocycles. The Bertz CT molecular complexity index is 847. The van der Waals surface area contributed by atoms with E-state index < -0.39 is 5.41 Å². The molecule has 3 heterocycles. The van der Waals surface area contributed by atoms with Crippen LogP contribution in [0.25, 0.3) is 0 Å². The number of rotatable bonds is 6. The number of methoxy groups -OCH3 is 1. The minimum Gasteiger partial charge on any atom is -0.378 e. The zero-order valence-corrected chi connectivity index (χ0v) is 16.2. The number of nitriles is 1. The fourth-order valence-electron chi connectivity index (χ4n) is 4.21. The summed E-state index contributed by atoms with van der Waals surface area (Å²) in [6.07, 6.45) is 5.12. The van der Waals surface area contributed by atoms with Gasteiger partial charge in [0.2, 0.25) is 5.95 Å². The Labute approximate surface area is 165 Å². The fraction of sp³-hybridized carbons (Fsp3) is 0.500. The standard InChI is InChI=1S/C20H25N7O/c1-22-19-24-8-6-18(26-19)27-11-15(16(12-27)28-2)25-14-9-20(10-14,13-21)17-5-3-4-7-23-17/h3-8,14-16,25H,9-12H2,1-2H3,(H,22,24,26)/t14?,15-,16+,20?/m1/s1. The molecule has 8 nitrogen and oxygen atoms in total. The van der Waals surface area contributed by atoms with Crippen LogP contribution < -0.4 is 15.5 Å². The lowest BCUT2D eigenvalue weighted by molar-refractivity contribution is 0.0814. The van der Waals surface area contributed by atoms with Gasteiger partial charge in [-0.05, 0) is 31.0 Å². The maximum absolute atomic E-state index is 9.74. The molecule has 0 unspecified atom stereocenters. The Balaban J connectivity index is 1.40. The van der Waals surface area contributed by atoms with Gasteiger partial charge in [-0.15, -0.1) is 0 Å². The molecule has 28 heavy (non-hydrogen) atoms. The van der Waals surface area contributed by atoms with Gasteiger partial charge in [0.1, 0.15) is 11.2 Å². The summed E-state index contributed by atoms with van der Waals surface area (Å²) in [5, 5.41) is 16.4. The van der Waals surface area contributed by atoms with Gasteiger partial charge in [0.05, 0.1) is 23.9 Å². The van der Waals surface area contributed by atoms with Gasteiger partial charge in [0.15, 0.2) is 0 Å². The van der Waals surface area contributed by atoms with Crippen molar-refractivity contribution < 1.29 is 4.74 Å². The van der Waals surface area contributed by atoms with Gasteiger partial charge >= 0.3 is 0 Å². The molecule has 2 atom stereocenters. The lowest BCUT2D eigenvalue weighted by atomic mass is 9.64. The summed E-state index contributed by atoms with van der Waals surface area (Å²) in [7, 11) is 3.56. The zero-order chi connectivity index (χ0) is 19.6. The van der Waals surface area contributed by atoms with E-state index in [1.54, 1.807) is 19.5 Å². The van der Waals surface area contributed by atoms with E-state index in [0.717, 1.165) is 37.4 Å². The molecule has 0 amide bonds. The number of hydrogen-bond donors (Lipinski definition) is 2. The third kappa shape index (κ3) is 3.39. The number of ether oxygens (including phenoxy) is 1. The van der Waals surface area contributed by atoms with E-state index in [1.807, 2.05) is 31.3 Å². The molecule has 2 aromatic heterocycles. The molecule has 2 N–H and O–H groups in total. The SMILES string of the molecule is CNc1nccc(N2C[C@H](OC)[C@H](NC3CC(C#N)(c4ccccn4)C3)C2)n1. The Hall–Kier alpha value is -2.76. The second-order valence-electron chi connectivity index (χ2n) is 7.45. The highest BCUT2D eigenvalue weighted by molar-refractivity contribution is 5.44. The number of aromatic nitrogens is 3. The fourth-order valence-corrected chi connectivity index (χ4v) is 4.21. The molecular formula is C20H25N7O. The molecular weight excluding hydrogens is 354 g/mol. The highest BCUT2D eigenvalue weighted by Gasteiger charge is 2.49. The third-order valence-corrected chi connectivity index (χ3v) is 5.77. The maximum Gasteiger partial charge on any atom is 0.224 e. The summed E-state index contributed by atoms with van der Waals surface area (Å²) in [6, 6.07) is 10.6. The second kappa shape index (κ2) is 7.70. The van der Waals surface area contributed by atoms with Crippen molar-refractivity contribution in [3.63, 3.8) is 0 Å². The maximum atomic E-state index is 9.74. The van der Waals surface area contributed by atoms with Crippen molar-refractivity contribution in [1.82, 2.24) is 20.3 Å². The lowest BCUT2D eigenvalue weighted by Crippen LogP contribution is -2.56. The van der Waals surface area contributed by atoms with Crippen LogP contribution in [0, 0.1) is 11.3 Å². The molecule has 8 heteroatoms. The molecule has 1 saturated carbocycles. The average Bonchev–Trinajstić information content (AvgIpc) is 3.14. The number of nitrogens with zero attached hydrogens (tertiary/aromatic N) is 5. The van der Waals surface area contributed by atoms with Crippen molar-refractivity contribution in [1.29, 1.82) is 5.26 Å². The van der Waals surface area contributed by atoms with Crippen LogP contribution >= 0.6 is 0 Å². The monoisotopic (exact) mass is 379 g/mol. The molecule has 0 spiro atoms. The van der Waals surface area contributed by atoms with E-state index in [9.17, 15) is 5.26 Å². The van der Waals surface area contributed by atoms with Crippen molar-refractivity contribution in [2.24, 2.45) is 0 Å². The average molecular weight is 379 g/mol. The smallest absolute Gasteiger partial charge is 0.224 e. The van der Waals surface area contributed by atoms with Crippen LogP contribution in [-0.2, 0) is 10.2 Å². The zero-order valence-electron chi connectivity index (χ0n) is 16.2. The van der Waals surface area contributed by atoms with Crippen molar-refractivity contribution in [3.8, 4) is 6.07 Å². The quantitative estimate of drug-likeness (QED) is 0.776. The first-order chi connectivity index (χ1) is 13.7. The Kier molecular flexibility index (Phi) is 5.11. The van der Waals surface area contributed by atoms with E-state index in [4.69, 9.17) is 4.74 Å². The summed E-state index contributed by atoms with van der Waals surface area (Å²) in [4.78, 5) is 15.3. The first-order valence-electron chi connectivity index (χ1n) is 9.55. The molecule has 1 saturated heterocycles. The highest BCUT2D eigenvalue weighted by Crippen LogP contribution is 2.43.